The van der Waals surface area contributed by atoms with Gasteiger partial charge in [0.1, 0.15) is 4.90 Å². The maximum Gasteiger partial charge on any atom is 0.269 e. The minimum absolute atomic E-state index is 0.0636. The van der Waals surface area contributed by atoms with Crippen molar-refractivity contribution in [3.63, 3.8) is 0 Å². The second-order valence-electron chi connectivity index (χ2n) is 4.00. The first kappa shape index (κ1) is 12.8. The first-order valence-corrected chi connectivity index (χ1v) is 8.51. The molecule has 0 saturated carbocycles. The fourth-order valence-corrected chi connectivity index (χ4v) is 5.04. The molecule has 19 heavy (non-hydrogen) atoms. The van der Waals surface area contributed by atoms with Crippen LogP contribution < -0.4 is 0 Å². The zero-order valence-electron chi connectivity index (χ0n) is 9.54. The van der Waals surface area contributed by atoms with Crippen LogP contribution in [0.4, 0.5) is 0 Å². The average Bonchev–Trinajstić information content (AvgIpc) is 2.87. The standard InChI is InChI=1S/C12H8BrNO3S2/c13-9-5-6-18-10(9)7-14-12(15)8-3-1-2-4-11(8)19(14,16)17/h1-6H,7H2. The molecule has 2 heterocycles. The lowest BCUT2D eigenvalue weighted by Crippen LogP contribution is -2.29. The summed E-state index contributed by atoms with van der Waals surface area (Å²) in [5.74, 6) is -0.462. The molecule has 98 valence electrons. The van der Waals surface area contributed by atoms with E-state index in [1.165, 1.54) is 17.4 Å². The third kappa shape index (κ3) is 1.92. The molecule has 3 rings (SSSR count). The largest absolute Gasteiger partial charge is 0.269 e. The van der Waals surface area contributed by atoms with Crippen LogP contribution in [0.5, 0.6) is 0 Å². The lowest BCUT2D eigenvalue weighted by molar-refractivity contribution is 0.0865. The highest BCUT2D eigenvalue weighted by Gasteiger charge is 2.41. The highest BCUT2D eigenvalue weighted by molar-refractivity contribution is 9.10. The molecule has 1 aliphatic heterocycles. The van der Waals surface area contributed by atoms with E-state index in [1.54, 1.807) is 18.2 Å². The highest BCUT2D eigenvalue weighted by Crippen LogP contribution is 2.33. The monoisotopic (exact) mass is 357 g/mol. The number of benzene rings is 1. The molecule has 4 nitrogen and oxygen atoms in total. The van der Waals surface area contributed by atoms with Crippen LogP contribution in [0.3, 0.4) is 0 Å². The third-order valence-corrected chi connectivity index (χ3v) is 6.59. The zero-order valence-corrected chi connectivity index (χ0v) is 12.8. The van der Waals surface area contributed by atoms with Crippen molar-refractivity contribution in [1.29, 1.82) is 0 Å². The van der Waals surface area contributed by atoms with E-state index in [0.717, 1.165) is 13.7 Å². The van der Waals surface area contributed by atoms with E-state index in [4.69, 9.17) is 0 Å². The second-order valence-corrected chi connectivity index (χ2v) is 7.69. The number of amides is 1. The lowest BCUT2D eigenvalue weighted by atomic mass is 10.2. The van der Waals surface area contributed by atoms with E-state index in [0.29, 0.717) is 0 Å². The number of hydrogen-bond acceptors (Lipinski definition) is 4. The number of fused-ring (bicyclic) bond motifs is 1. The fraction of sp³-hybridized carbons (Fsp3) is 0.0833. The molecule has 1 aromatic heterocycles. The molecule has 0 radical (unpaired) electrons. The quantitative estimate of drug-likeness (QED) is 0.830. The van der Waals surface area contributed by atoms with Crippen molar-refractivity contribution in [2.24, 2.45) is 0 Å². The Morgan fingerprint density at radius 1 is 1.21 bits per heavy atom. The van der Waals surface area contributed by atoms with Crippen LogP contribution in [-0.4, -0.2) is 18.6 Å². The Labute approximate surface area is 122 Å². The van der Waals surface area contributed by atoms with Crippen molar-refractivity contribution in [2.45, 2.75) is 11.4 Å². The maximum atomic E-state index is 12.3. The van der Waals surface area contributed by atoms with Crippen molar-refractivity contribution in [3.8, 4) is 0 Å². The van der Waals surface area contributed by atoms with Crippen LogP contribution in [0.2, 0.25) is 0 Å². The number of carbonyl (C=O) groups is 1. The molecule has 0 fully saturated rings. The summed E-state index contributed by atoms with van der Waals surface area (Å²) in [4.78, 5) is 13.1. The third-order valence-electron chi connectivity index (χ3n) is 2.89. The lowest BCUT2D eigenvalue weighted by Gasteiger charge is -2.14. The van der Waals surface area contributed by atoms with E-state index in [-0.39, 0.29) is 17.0 Å². The smallest absolute Gasteiger partial charge is 0.268 e. The van der Waals surface area contributed by atoms with Crippen molar-refractivity contribution in [1.82, 2.24) is 4.31 Å². The maximum absolute atomic E-state index is 12.3. The summed E-state index contributed by atoms with van der Waals surface area (Å²) >= 11 is 4.76. The van der Waals surface area contributed by atoms with Crippen LogP contribution >= 0.6 is 27.3 Å². The van der Waals surface area contributed by atoms with Crippen molar-refractivity contribution in [2.75, 3.05) is 0 Å². The van der Waals surface area contributed by atoms with E-state index in [9.17, 15) is 13.2 Å². The summed E-state index contributed by atoms with van der Waals surface area (Å²) in [6.07, 6.45) is 0. The van der Waals surface area contributed by atoms with Crippen LogP contribution in [0.1, 0.15) is 15.2 Å². The molecule has 1 aromatic carbocycles. The molecule has 1 aliphatic rings. The minimum atomic E-state index is -3.72. The Balaban J connectivity index is 2.06. The molecule has 2 aromatic rings. The summed E-state index contributed by atoms with van der Waals surface area (Å²) in [5.41, 5.74) is 0.246. The molecule has 0 aliphatic carbocycles. The van der Waals surface area contributed by atoms with Gasteiger partial charge in [0.2, 0.25) is 0 Å². The Morgan fingerprint density at radius 2 is 1.95 bits per heavy atom. The van der Waals surface area contributed by atoms with Crippen LogP contribution in [0.25, 0.3) is 0 Å². The molecule has 0 bridgehead atoms. The van der Waals surface area contributed by atoms with Crippen LogP contribution in [-0.2, 0) is 16.6 Å². The summed E-state index contributed by atoms with van der Waals surface area (Å²) in [7, 11) is -3.72. The Kier molecular flexibility index (Phi) is 2.99. The van der Waals surface area contributed by atoms with Crippen LogP contribution in [0, 0.1) is 0 Å². The Bertz CT molecular complexity index is 767. The molecule has 0 spiro atoms. The molecular weight excluding hydrogens is 350 g/mol. The zero-order chi connectivity index (χ0) is 13.6. The highest BCUT2D eigenvalue weighted by atomic mass is 79.9. The number of thiophene rings is 1. The van der Waals surface area contributed by atoms with Gasteiger partial charge in [-0.1, -0.05) is 12.1 Å². The number of carbonyl (C=O) groups excluding carboxylic acids is 1. The van der Waals surface area contributed by atoms with Gasteiger partial charge in [0.05, 0.1) is 12.1 Å². The van der Waals surface area contributed by atoms with E-state index >= 15 is 0 Å². The van der Waals surface area contributed by atoms with Gasteiger partial charge in [-0.25, -0.2) is 12.7 Å². The normalized spacial score (nSPS) is 16.7. The van der Waals surface area contributed by atoms with Gasteiger partial charge in [0.25, 0.3) is 15.9 Å². The number of rotatable bonds is 2. The van der Waals surface area contributed by atoms with Gasteiger partial charge in [-0.2, -0.15) is 0 Å². The average molecular weight is 358 g/mol. The minimum Gasteiger partial charge on any atom is -0.268 e. The van der Waals surface area contributed by atoms with Gasteiger partial charge >= 0.3 is 0 Å². The molecule has 0 unspecified atom stereocenters. The Morgan fingerprint density at radius 3 is 2.58 bits per heavy atom. The van der Waals surface area contributed by atoms with Gasteiger partial charge in [-0.05, 0) is 39.5 Å². The van der Waals surface area contributed by atoms with E-state index in [2.05, 4.69) is 15.9 Å². The van der Waals surface area contributed by atoms with Crippen LogP contribution in [0.15, 0.2) is 45.1 Å². The first-order valence-electron chi connectivity index (χ1n) is 5.40. The molecule has 0 N–H and O–H groups in total. The SMILES string of the molecule is O=C1c2ccccc2S(=O)(=O)N1Cc1sccc1Br. The number of hydrogen-bond donors (Lipinski definition) is 0. The predicted molar refractivity (Wildman–Crippen MR) is 75.5 cm³/mol. The second kappa shape index (κ2) is 4.43. The van der Waals surface area contributed by atoms with Crippen molar-refractivity contribution in [3.05, 3.63) is 50.6 Å². The number of halogens is 1. The van der Waals surface area contributed by atoms with Gasteiger partial charge in [-0.3, -0.25) is 4.79 Å². The molecule has 1 amide bonds. The van der Waals surface area contributed by atoms with Gasteiger partial charge in [-0.15, -0.1) is 11.3 Å². The topological polar surface area (TPSA) is 54.5 Å². The van der Waals surface area contributed by atoms with E-state index in [1.807, 2.05) is 11.4 Å². The molecule has 0 atom stereocenters. The molecule has 7 heteroatoms. The first-order chi connectivity index (χ1) is 9.01. The summed E-state index contributed by atoms with van der Waals surface area (Å²) in [5, 5.41) is 1.85. The van der Waals surface area contributed by atoms with Crippen molar-refractivity contribution >= 4 is 43.2 Å². The predicted octanol–water partition coefficient (Wildman–Crippen LogP) is 2.86. The molecular formula is C12H8BrNO3S2. The number of sulfonamides is 1. The molecule has 0 saturated heterocycles. The summed E-state index contributed by atoms with van der Waals surface area (Å²) in [6, 6.07) is 8.12. The van der Waals surface area contributed by atoms with Gasteiger partial charge in [0, 0.05) is 9.35 Å². The van der Waals surface area contributed by atoms with Gasteiger partial charge in [0.15, 0.2) is 0 Å². The fourth-order valence-electron chi connectivity index (χ4n) is 1.96. The van der Waals surface area contributed by atoms with Gasteiger partial charge < -0.3 is 0 Å². The Hall–Kier alpha value is -1.18. The number of nitrogens with zero attached hydrogens (tertiary/aromatic N) is 1. The van der Waals surface area contributed by atoms with E-state index < -0.39 is 15.9 Å². The summed E-state index contributed by atoms with van der Waals surface area (Å²) in [6.45, 7) is 0.0636. The van der Waals surface area contributed by atoms with Crippen molar-refractivity contribution < 1.29 is 13.2 Å². The summed E-state index contributed by atoms with van der Waals surface area (Å²) < 4.78 is 26.4.